The van der Waals surface area contributed by atoms with Crippen molar-refractivity contribution in [2.24, 2.45) is 0 Å². The molecule has 0 spiro atoms. The molecular weight excluding hydrogens is 222 g/mol. The summed E-state index contributed by atoms with van der Waals surface area (Å²) < 4.78 is 0. The summed E-state index contributed by atoms with van der Waals surface area (Å²) in [5.41, 5.74) is -1.46. The molecule has 82 valence electrons. The second-order valence-corrected chi connectivity index (χ2v) is 2.82. The van der Waals surface area contributed by atoms with Gasteiger partial charge in [-0.05, 0) is 9.91 Å². The highest BCUT2D eigenvalue weighted by molar-refractivity contribution is 5.76. The molecule has 0 aliphatic rings. The number of nitro groups is 2. The van der Waals surface area contributed by atoms with Crippen LogP contribution in [0.5, 0.6) is 0 Å². The minimum Gasteiger partial charge on any atom is -0.358 e. The van der Waals surface area contributed by atoms with Crippen LogP contribution < -0.4 is 5.69 Å². The van der Waals surface area contributed by atoms with Crippen molar-refractivity contribution < 1.29 is 9.85 Å². The van der Waals surface area contributed by atoms with E-state index in [1.807, 2.05) is 0 Å². The maximum Gasteiger partial charge on any atom is 0.444 e. The normalized spacial score (nSPS) is 10.5. The van der Waals surface area contributed by atoms with Crippen LogP contribution in [0, 0.1) is 20.2 Å². The Morgan fingerprint density at radius 2 is 1.88 bits per heavy atom. The molecule has 0 aromatic carbocycles. The molecule has 0 amide bonds. The monoisotopic (exact) mass is 225 g/mol. The van der Waals surface area contributed by atoms with Gasteiger partial charge in [-0.1, -0.05) is 0 Å². The fourth-order valence-corrected chi connectivity index (χ4v) is 1.21. The summed E-state index contributed by atoms with van der Waals surface area (Å²) in [6, 6.07) is 0.887. The molecule has 0 fully saturated rings. The van der Waals surface area contributed by atoms with Gasteiger partial charge in [-0.25, -0.2) is 4.79 Å². The Morgan fingerprint density at radius 1 is 1.19 bits per heavy atom. The van der Waals surface area contributed by atoms with E-state index >= 15 is 0 Å². The number of aromatic nitrogens is 3. The second kappa shape index (κ2) is 3.12. The largest absolute Gasteiger partial charge is 0.444 e. The minimum absolute atomic E-state index is 0.0438. The van der Waals surface area contributed by atoms with Gasteiger partial charge >= 0.3 is 17.2 Å². The third-order valence-corrected chi connectivity index (χ3v) is 1.83. The molecule has 0 radical (unpaired) electrons. The third-order valence-electron chi connectivity index (χ3n) is 1.83. The van der Waals surface area contributed by atoms with Crippen LogP contribution in [-0.2, 0) is 0 Å². The fourth-order valence-electron chi connectivity index (χ4n) is 1.21. The molecule has 2 aromatic rings. The Morgan fingerprint density at radius 3 is 2.44 bits per heavy atom. The average Bonchev–Trinajstić information content (AvgIpc) is 2.54. The van der Waals surface area contributed by atoms with Crippen LogP contribution in [0.25, 0.3) is 11.2 Å². The number of fused-ring (bicyclic) bond motifs is 1. The van der Waals surface area contributed by atoms with Crippen LogP contribution in [0.2, 0.25) is 0 Å². The number of rotatable bonds is 2. The van der Waals surface area contributed by atoms with Gasteiger partial charge in [0.1, 0.15) is 5.52 Å². The number of nitrogens with zero attached hydrogens (tertiary/aromatic N) is 3. The lowest BCUT2D eigenvalue weighted by Crippen LogP contribution is -2.00. The van der Waals surface area contributed by atoms with Gasteiger partial charge < -0.3 is 15.1 Å². The van der Waals surface area contributed by atoms with Crippen molar-refractivity contribution in [3.05, 3.63) is 36.8 Å². The molecule has 2 aromatic heterocycles. The number of H-pyrrole nitrogens is 2. The van der Waals surface area contributed by atoms with E-state index < -0.39 is 27.0 Å². The summed E-state index contributed by atoms with van der Waals surface area (Å²) >= 11 is 0. The van der Waals surface area contributed by atoms with Gasteiger partial charge in [0.2, 0.25) is 0 Å². The summed E-state index contributed by atoms with van der Waals surface area (Å²) in [6.45, 7) is 0. The number of imidazole rings is 1. The van der Waals surface area contributed by atoms with Crippen LogP contribution in [-0.4, -0.2) is 24.8 Å². The molecule has 10 heteroatoms. The second-order valence-electron chi connectivity index (χ2n) is 2.82. The molecule has 0 aliphatic heterocycles. The smallest absolute Gasteiger partial charge is 0.358 e. The van der Waals surface area contributed by atoms with Gasteiger partial charge in [-0.2, -0.15) is 0 Å². The minimum atomic E-state index is -0.983. The van der Waals surface area contributed by atoms with E-state index in [1.165, 1.54) is 0 Å². The maximum atomic E-state index is 10.9. The number of aromatic amines is 2. The molecule has 0 bridgehead atoms. The van der Waals surface area contributed by atoms with E-state index in [4.69, 9.17) is 0 Å². The van der Waals surface area contributed by atoms with Crippen molar-refractivity contribution in [1.29, 1.82) is 0 Å². The van der Waals surface area contributed by atoms with E-state index in [0.29, 0.717) is 0 Å². The maximum absolute atomic E-state index is 10.9. The number of hydrogen-bond donors (Lipinski definition) is 2. The summed E-state index contributed by atoms with van der Waals surface area (Å²) in [5.74, 6) is -0.909. The van der Waals surface area contributed by atoms with Gasteiger partial charge in [0.25, 0.3) is 5.65 Å². The lowest BCUT2D eigenvalue weighted by atomic mass is 10.3. The summed E-state index contributed by atoms with van der Waals surface area (Å²) in [7, 11) is 0. The zero-order valence-corrected chi connectivity index (χ0v) is 7.46. The van der Waals surface area contributed by atoms with Crippen molar-refractivity contribution in [3.8, 4) is 0 Å². The Hall–Kier alpha value is -2.78. The van der Waals surface area contributed by atoms with Crippen molar-refractivity contribution in [2.75, 3.05) is 0 Å². The van der Waals surface area contributed by atoms with Crippen LogP contribution in [0.4, 0.5) is 11.5 Å². The quantitative estimate of drug-likeness (QED) is 0.545. The molecule has 0 atom stereocenters. The van der Waals surface area contributed by atoms with Crippen molar-refractivity contribution >= 4 is 22.7 Å². The summed E-state index contributed by atoms with van der Waals surface area (Å²) in [6.07, 6.45) is 0. The molecule has 2 heterocycles. The van der Waals surface area contributed by atoms with E-state index in [9.17, 15) is 25.0 Å². The average molecular weight is 225 g/mol. The van der Waals surface area contributed by atoms with Crippen LogP contribution in [0.3, 0.4) is 0 Å². The zero-order valence-electron chi connectivity index (χ0n) is 7.46. The first kappa shape index (κ1) is 9.76. The lowest BCUT2D eigenvalue weighted by Gasteiger charge is -1.93. The lowest BCUT2D eigenvalue weighted by molar-refractivity contribution is -0.425. The molecular formula is C6H3N5O5. The zero-order chi connectivity index (χ0) is 11.9. The van der Waals surface area contributed by atoms with Crippen molar-refractivity contribution in [3.63, 3.8) is 0 Å². The molecule has 2 rings (SSSR count). The molecule has 16 heavy (non-hydrogen) atoms. The van der Waals surface area contributed by atoms with Crippen molar-refractivity contribution in [1.82, 2.24) is 15.0 Å². The Balaban J connectivity index is 2.85. The van der Waals surface area contributed by atoms with Crippen LogP contribution in [0.15, 0.2) is 10.9 Å². The van der Waals surface area contributed by atoms with Gasteiger partial charge in [0.05, 0.1) is 11.0 Å². The first-order valence-corrected chi connectivity index (χ1v) is 3.91. The van der Waals surface area contributed by atoms with Crippen LogP contribution >= 0.6 is 0 Å². The molecule has 0 unspecified atom stereocenters. The van der Waals surface area contributed by atoms with Crippen molar-refractivity contribution in [2.45, 2.75) is 0 Å². The number of pyridine rings is 1. The summed E-state index contributed by atoms with van der Waals surface area (Å²) in [4.78, 5) is 37.8. The summed E-state index contributed by atoms with van der Waals surface area (Å²) in [5, 5.41) is 21.0. The Labute approximate surface area is 85.2 Å². The fraction of sp³-hybridized carbons (Fsp3) is 0. The first-order valence-electron chi connectivity index (χ1n) is 3.91. The van der Waals surface area contributed by atoms with Gasteiger partial charge in [0, 0.05) is 0 Å². The standard InChI is InChI=1S/C6H3N5O5/c12-6-7-2-1-3(10(13)14)5(11(15)16)8-4(2)9-6/h1H,(H2,7,8,9,12). The molecule has 0 saturated carbocycles. The van der Waals surface area contributed by atoms with E-state index in [-0.39, 0.29) is 11.2 Å². The number of hydrogen-bond acceptors (Lipinski definition) is 6. The molecule has 0 saturated heterocycles. The number of nitrogens with one attached hydrogen (secondary N) is 2. The van der Waals surface area contributed by atoms with Gasteiger partial charge in [-0.15, -0.1) is 0 Å². The van der Waals surface area contributed by atoms with E-state index in [2.05, 4.69) is 15.0 Å². The third kappa shape index (κ3) is 1.37. The molecule has 10 nitrogen and oxygen atoms in total. The predicted octanol–water partition coefficient (Wildman–Crippen LogP) is 0.0676. The Bertz CT molecular complexity index is 601. The van der Waals surface area contributed by atoms with E-state index in [0.717, 1.165) is 6.07 Å². The van der Waals surface area contributed by atoms with Crippen LogP contribution in [0.1, 0.15) is 0 Å². The predicted molar refractivity (Wildman–Crippen MR) is 50.0 cm³/mol. The first-order chi connectivity index (χ1) is 7.49. The highest BCUT2D eigenvalue weighted by atomic mass is 16.6. The Kier molecular flexibility index (Phi) is 1.90. The molecule has 0 aliphatic carbocycles. The highest BCUT2D eigenvalue weighted by Crippen LogP contribution is 2.26. The van der Waals surface area contributed by atoms with Gasteiger partial charge in [-0.3, -0.25) is 15.1 Å². The highest BCUT2D eigenvalue weighted by Gasteiger charge is 2.28. The molecule has 2 N–H and O–H groups in total. The van der Waals surface area contributed by atoms with Gasteiger partial charge in [0.15, 0.2) is 0 Å². The topological polar surface area (TPSA) is 148 Å². The van der Waals surface area contributed by atoms with E-state index in [1.54, 1.807) is 0 Å². The SMILES string of the molecule is O=c1[nH]c2cc([N+](=O)[O-])c([N+](=O)[O-])nc2[nH]1.